The van der Waals surface area contributed by atoms with E-state index in [1.54, 1.807) is 30.3 Å². The lowest BCUT2D eigenvalue weighted by Crippen LogP contribution is -2.11. The van der Waals surface area contributed by atoms with E-state index >= 15 is 0 Å². The van der Waals surface area contributed by atoms with Crippen molar-refractivity contribution in [2.24, 2.45) is 5.73 Å². The Morgan fingerprint density at radius 3 is 2.32 bits per heavy atom. The molecule has 6 heteroatoms. The van der Waals surface area contributed by atoms with Gasteiger partial charge in [-0.25, -0.2) is 0 Å². The fraction of sp³-hybridized carbons (Fsp3) is 0. The van der Waals surface area contributed by atoms with Crippen LogP contribution in [0.1, 0.15) is 5.56 Å². The highest BCUT2D eigenvalue weighted by atomic mass is 79.9. The van der Waals surface area contributed by atoms with Gasteiger partial charge in [-0.2, -0.15) is 0 Å². The SMILES string of the molecule is NC(=S)c1ccc(Cl)cc1Nc1ccc(Cl)cc1Br. The molecule has 0 saturated heterocycles. The number of halogens is 3. The fourth-order valence-electron chi connectivity index (χ4n) is 1.57. The Morgan fingerprint density at radius 1 is 1.05 bits per heavy atom. The number of thiocarbonyl (C=S) groups is 1. The maximum Gasteiger partial charge on any atom is 0.106 e. The zero-order valence-electron chi connectivity index (χ0n) is 9.58. The van der Waals surface area contributed by atoms with Gasteiger partial charge in [-0.1, -0.05) is 35.4 Å². The number of rotatable bonds is 3. The van der Waals surface area contributed by atoms with Crippen LogP contribution in [0.25, 0.3) is 0 Å². The molecule has 0 aromatic heterocycles. The summed E-state index contributed by atoms with van der Waals surface area (Å²) in [5.41, 5.74) is 8.04. The number of nitrogens with two attached hydrogens (primary N) is 1. The monoisotopic (exact) mass is 374 g/mol. The predicted molar refractivity (Wildman–Crippen MR) is 89.8 cm³/mol. The molecule has 0 spiro atoms. The van der Waals surface area contributed by atoms with Gasteiger partial charge in [-0.15, -0.1) is 0 Å². The lowest BCUT2D eigenvalue weighted by atomic mass is 10.1. The van der Waals surface area contributed by atoms with Crippen LogP contribution in [0, 0.1) is 0 Å². The van der Waals surface area contributed by atoms with E-state index < -0.39 is 0 Å². The maximum absolute atomic E-state index is 6.00. The summed E-state index contributed by atoms with van der Waals surface area (Å²) in [5.74, 6) is 0. The number of hydrogen-bond donors (Lipinski definition) is 2. The molecule has 2 aromatic carbocycles. The van der Waals surface area contributed by atoms with Crippen LogP contribution in [0.5, 0.6) is 0 Å². The third-order valence-electron chi connectivity index (χ3n) is 2.45. The van der Waals surface area contributed by atoms with Crippen LogP contribution >= 0.6 is 51.3 Å². The number of hydrogen-bond acceptors (Lipinski definition) is 2. The van der Waals surface area contributed by atoms with Gasteiger partial charge in [-0.05, 0) is 52.3 Å². The first-order chi connectivity index (χ1) is 8.97. The van der Waals surface area contributed by atoms with E-state index in [-0.39, 0.29) is 0 Å². The van der Waals surface area contributed by atoms with Gasteiger partial charge in [0, 0.05) is 20.1 Å². The molecule has 98 valence electrons. The Labute approximate surface area is 135 Å². The Morgan fingerprint density at radius 2 is 1.68 bits per heavy atom. The molecule has 0 radical (unpaired) electrons. The van der Waals surface area contributed by atoms with Gasteiger partial charge < -0.3 is 11.1 Å². The lowest BCUT2D eigenvalue weighted by Gasteiger charge is -2.13. The molecular weight excluding hydrogens is 367 g/mol. The zero-order chi connectivity index (χ0) is 14.0. The first-order valence-electron chi connectivity index (χ1n) is 5.29. The van der Waals surface area contributed by atoms with Crippen molar-refractivity contribution in [2.75, 3.05) is 5.32 Å². The van der Waals surface area contributed by atoms with Crippen LogP contribution in [0.3, 0.4) is 0 Å². The third-order valence-corrected chi connectivity index (χ3v) is 3.79. The van der Waals surface area contributed by atoms with E-state index in [9.17, 15) is 0 Å². The van der Waals surface area contributed by atoms with Crippen molar-refractivity contribution in [1.29, 1.82) is 0 Å². The summed E-state index contributed by atoms with van der Waals surface area (Å²) in [5, 5.41) is 4.49. The highest BCUT2D eigenvalue weighted by Crippen LogP contribution is 2.31. The van der Waals surface area contributed by atoms with Gasteiger partial charge in [0.2, 0.25) is 0 Å². The standard InChI is InChI=1S/C13H9BrCl2N2S/c14-10-5-7(15)2-4-11(10)18-12-6-8(16)1-3-9(12)13(17)19/h1-6,18H,(H2,17,19). The van der Waals surface area contributed by atoms with Gasteiger partial charge in [0.1, 0.15) is 4.99 Å². The summed E-state index contributed by atoms with van der Waals surface area (Å²) in [7, 11) is 0. The van der Waals surface area contributed by atoms with E-state index in [0.29, 0.717) is 15.0 Å². The molecule has 0 bridgehead atoms. The highest BCUT2D eigenvalue weighted by Gasteiger charge is 2.08. The fourth-order valence-corrected chi connectivity index (χ4v) is 2.70. The Hall–Kier alpha value is -0.810. The Balaban J connectivity index is 2.42. The third kappa shape index (κ3) is 3.60. The van der Waals surface area contributed by atoms with Crippen LogP contribution in [0.15, 0.2) is 40.9 Å². The van der Waals surface area contributed by atoms with Gasteiger partial charge in [0.05, 0.1) is 11.4 Å². The highest BCUT2D eigenvalue weighted by molar-refractivity contribution is 9.10. The van der Waals surface area contributed by atoms with Crippen LogP contribution in [-0.2, 0) is 0 Å². The summed E-state index contributed by atoms with van der Waals surface area (Å²) >= 11 is 20.4. The average Bonchev–Trinajstić information content (AvgIpc) is 2.32. The van der Waals surface area contributed by atoms with Crippen LogP contribution < -0.4 is 11.1 Å². The second kappa shape index (κ2) is 6.09. The van der Waals surface area contributed by atoms with Gasteiger partial charge >= 0.3 is 0 Å². The van der Waals surface area contributed by atoms with Gasteiger partial charge in [0.15, 0.2) is 0 Å². The minimum Gasteiger partial charge on any atom is -0.389 e. The van der Waals surface area contributed by atoms with Crippen LogP contribution in [0.4, 0.5) is 11.4 Å². The van der Waals surface area contributed by atoms with Crippen molar-refractivity contribution in [3.63, 3.8) is 0 Å². The van der Waals surface area contributed by atoms with E-state index in [1.165, 1.54) is 0 Å². The summed E-state index contributed by atoms with van der Waals surface area (Å²) in [4.78, 5) is 0.309. The molecule has 0 unspecified atom stereocenters. The average molecular weight is 376 g/mol. The first-order valence-corrected chi connectivity index (χ1v) is 7.24. The van der Waals surface area contributed by atoms with E-state index in [4.69, 9.17) is 41.2 Å². The summed E-state index contributed by atoms with van der Waals surface area (Å²) in [6.45, 7) is 0. The molecule has 2 nitrogen and oxygen atoms in total. The Bertz CT molecular complexity index is 647. The second-order valence-corrected chi connectivity index (χ2v) is 5.97. The molecule has 0 aliphatic heterocycles. The first kappa shape index (κ1) is 14.6. The molecule has 0 heterocycles. The molecule has 0 saturated carbocycles. The molecule has 2 aromatic rings. The molecule has 19 heavy (non-hydrogen) atoms. The Kier molecular flexibility index (Phi) is 4.68. The molecule has 3 N–H and O–H groups in total. The minimum atomic E-state index is 0.309. The number of anilines is 2. The normalized spacial score (nSPS) is 10.3. The van der Waals surface area contributed by atoms with Crippen molar-refractivity contribution in [1.82, 2.24) is 0 Å². The topological polar surface area (TPSA) is 38.0 Å². The molecule has 0 aliphatic rings. The molecular formula is C13H9BrCl2N2S. The summed E-state index contributed by atoms with van der Waals surface area (Å²) in [6.07, 6.45) is 0. The molecule has 0 atom stereocenters. The molecule has 0 fully saturated rings. The lowest BCUT2D eigenvalue weighted by molar-refractivity contribution is 1.50. The summed E-state index contributed by atoms with van der Waals surface area (Å²) < 4.78 is 0.842. The van der Waals surface area contributed by atoms with Crippen LogP contribution in [-0.4, -0.2) is 4.99 Å². The van der Waals surface area contributed by atoms with E-state index in [1.807, 2.05) is 6.07 Å². The molecule has 0 aliphatic carbocycles. The van der Waals surface area contributed by atoms with Gasteiger partial charge in [0.25, 0.3) is 0 Å². The maximum atomic E-state index is 6.00. The van der Waals surface area contributed by atoms with Crippen molar-refractivity contribution in [2.45, 2.75) is 0 Å². The van der Waals surface area contributed by atoms with Crippen molar-refractivity contribution in [3.05, 3.63) is 56.5 Å². The quantitative estimate of drug-likeness (QED) is 0.730. The predicted octanol–water partition coefficient (Wildman–Crippen LogP) is 5.13. The largest absolute Gasteiger partial charge is 0.389 e. The molecule has 0 amide bonds. The van der Waals surface area contributed by atoms with Crippen molar-refractivity contribution < 1.29 is 0 Å². The number of benzene rings is 2. The molecule has 2 rings (SSSR count). The number of nitrogens with one attached hydrogen (secondary N) is 1. The van der Waals surface area contributed by atoms with E-state index in [0.717, 1.165) is 21.4 Å². The van der Waals surface area contributed by atoms with Gasteiger partial charge in [-0.3, -0.25) is 0 Å². The van der Waals surface area contributed by atoms with Crippen LogP contribution in [0.2, 0.25) is 10.0 Å². The van der Waals surface area contributed by atoms with Crippen molar-refractivity contribution >= 4 is 67.7 Å². The summed E-state index contributed by atoms with van der Waals surface area (Å²) in [6, 6.07) is 10.8. The zero-order valence-corrected chi connectivity index (χ0v) is 13.5. The second-order valence-electron chi connectivity index (χ2n) is 3.80. The smallest absolute Gasteiger partial charge is 0.106 e. The minimum absolute atomic E-state index is 0.309. The van der Waals surface area contributed by atoms with Crippen molar-refractivity contribution in [3.8, 4) is 0 Å². The van der Waals surface area contributed by atoms with E-state index in [2.05, 4.69) is 21.2 Å².